The van der Waals surface area contributed by atoms with Crippen molar-refractivity contribution in [3.05, 3.63) is 30.0 Å². The number of nitrogens with zero attached hydrogens (tertiary/aromatic N) is 3. The fourth-order valence-electron chi connectivity index (χ4n) is 3.12. The van der Waals surface area contributed by atoms with E-state index in [1.165, 1.54) is 19.3 Å². The van der Waals surface area contributed by atoms with Gasteiger partial charge in [0.25, 0.3) is 0 Å². The predicted octanol–water partition coefficient (Wildman–Crippen LogP) is 3.51. The summed E-state index contributed by atoms with van der Waals surface area (Å²) in [7, 11) is 1.62. The highest BCUT2D eigenvalue weighted by atomic mass is 16.5. The second-order valence-corrected chi connectivity index (χ2v) is 6.37. The minimum atomic E-state index is 0.281. The number of hydrogen-bond acceptors (Lipinski definition) is 6. The zero-order valence-corrected chi connectivity index (χ0v) is 14.8. The third-order valence-corrected chi connectivity index (χ3v) is 4.62. The van der Waals surface area contributed by atoms with Crippen LogP contribution in [0, 0.1) is 11.3 Å². The first-order valence-electron chi connectivity index (χ1n) is 8.74. The van der Waals surface area contributed by atoms with Gasteiger partial charge in [-0.1, -0.05) is 12.5 Å². The van der Waals surface area contributed by atoms with Gasteiger partial charge >= 0.3 is 0 Å². The van der Waals surface area contributed by atoms with Crippen molar-refractivity contribution < 1.29 is 9.15 Å². The second-order valence-electron chi connectivity index (χ2n) is 6.37. The van der Waals surface area contributed by atoms with Crippen LogP contribution in [0.1, 0.15) is 31.9 Å². The standard InChI is InChI=1S/C19H24N4O2/c1-14(23-9-4-3-5-10-23)13-21-19-17(12-20)22-18(25-19)15-7-6-8-16(11-15)24-2/h6-8,11,14,21H,3-5,9-10,13H2,1-2H3/t14-/m0/s1. The van der Waals surface area contributed by atoms with Crippen LogP contribution in [0.15, 0.2) is 28.7 Å². The number of ether oxygens (including phenoxy) is 1. The molecule has 2 aromatic rings. The summed E-state index contributed by atoms with van der Waals surface area (Å²) in [5.74, 6) is 1.58. The van der Waals surface area contributed by atoms with Gasteiger partial charge in [0.1, 0.15) is 11.8 Å². The molecule has 1 atom stereocenters. The van der Waals surface area contributed by atoms with Gasteiger partial charge in [-0.05, 0) is 51.1 Å². The predicted molar refractivity (Wildman–Crippen MR) is 96.6 cm³/mol. The van der Waals surface area contributed by atoms with Crippen LogP contribution in [-0.2, 0) is 0 Å². The molecule has 1 fully saturated rings. The first kappa shape index (κ1) is 17.3. The van der Waals surface area contributed by atoms with Gasteiger partial charge in [-0.25, -0.2) is 0 Å². The van der Waals surface area contributed by atoms with E-state index in [9.17, 15) is 5.26 Å². The number of piperidine rings is 1. The van der Waals surface area contributed by atoms with E-state index >= 15 is 0 Å². The summed E-state index contributed by atoms with van der Waals surface area (Å²) in [6.07, 6.45) is 3.84. The van der Waals surface area contributed by atoms with Crippen LogP contribution < -0.4 is 10.1 Å². The summed E-state index contributed by atoms with van der Waals surface area (Å²) >= 11 is 0. The molecule has 0 radical (unpaired) electrons. The van der Waals surface area contributed by atoms with Crippen molar-refractivity contribution >= 4 is 5.88 Å². The molecule has 6 nitrogen and oxygen atoms in total. The lowest BCUT2D eigenvalue weighted by atomic mass is 10.1. The van der Waals surface area contributed by atoms with Gasteiger partial charge in [-0.3, -0.25) is 4.90 Å². The van der Waals surface area contributed by atoms with E-state index in [1.807, 2.05) is 24.3 Å². The minimum absolute atomic E-state index is 0.281. The smallest absolute Gasteiger partial charge is 0.232 e. The highest BCUT2D eigenvalue weighted by Crippen LogP contribution is 2.27. The van der Waals surface area contributed by atoms with Crippen molar-refractivity contribution in [3.8, 4) is 23.3 Å². The van der Waals surface area contributed by atoms with Crippen LogP contribution in [0.3, 0.4) is 0 Å². The molecule has 0 spiro atoms. The first-order chi connectivity index (χ1) is 12.2. The number of hydrogen-bond donors (Lipinski definition) is 1. The summed E-state index contributed by atoms with van der Waals surface area (Å²) in [6, 6.07) is 9.95. The van der Waals surface area contributed by atoms with Crippen LogP contribution in [0.25, 0.3) is 11.5 Å². The van der Waals surface area contributed by atoms with Crippen molar-refractivity contribution in [2.75, 3.05) is 32.1 Å². The molecule has 6 heteroatoms. The Hall–Kier alpha value is -2.52. The van der Waals surface area contributed by atoms with Gasteiger partial charge in [-0.15, -0.1) is 0 Å². The van der Waals surface area contributed by atoms with E-state index in [1.54, 1.807) is 7.11 Å². The first-order valence-corrected chi connectivity index (χ1v) is 8.74. The van der Waals surface area contributed by atoms with Crippen LogP contribution in [-0.4, -0.2) is 42.7 Å². The molecule has 2 heterocycles. The molecular weight excluding hydrogens is 316 g/mol. The van der Waals surface area contributed by atoms with E-state index in [0.29, 0.717) is 17.8 Å². The molecule has 1 N–H and O–H groups in total. The summed E-state index contributed by atoms with van der Waals surface area (Å²) in [5, 5.41) is 12.6. The van der Waals surface area contributed by atoms with Gasteiger partial charge in [0.2, 0.25) is 17.5 Å². The zero-order chi connectivity index (χ0) is 17.6. The normalized spacial score (nSPS) is 16.2. The Morgan fingerprint density at radius 3 is 2.88 bits per heavy atom. The molecule has 0 amide bonds. The third kappa shape index (κ3) is 4.12. The van der Waals surface area contributed by atoms with Crippen LogP contribution in [0.5, 0.6) is 5.75 Å². The van der Waals surface area contributed by atoms with Gasteiger partial charge < -0.3 is 14.5 Å². The molecule has 1 aliphatic heterocycles. The lowest BCUT2D eigenvalue weighted by Crippen LogP contribution is -2.41. The molecule has 1 aromatic heterocycles. The molecule has 25 heavy (non-hydrogen) atoms. The number of oxazole rings is 1. The van der Waals surface area contributed by atoms with E-state index in [-0.39, 0.29) is 5.69 Å². The molecule has 3 rings (SSSR count). The Kier molecular flexibility index (Phi) is 5.56. The largest absolute Gasteiger partial charge is 0.497 e. The summed E-state index contributed by atoms with van der Waals surface area (Å²) in [6.45, 7) is 5.20. The molecule has 0 bridgehead atoms. The van der Waals surface area contributed by atoms with Gasteiger partial charge in [0.15, 0.2) is 0 Å². The van der Waals surface area contributed by atoms with Gasteiger partial charge in [0.05, 0.1) is 7.11 Å². The second kappa shape index (κ2) is 8.04. The monoisotopic (exact) mass is 340 g/mol. The van der Waals surface area contributed by atoms with Crippen molar-refractivity contribution in [2.24, 2.45) is 0 Å². The molecule has 0 aliphatic carbocycles. The lowest BCUT2D eigenvalue weighted by Gasteiger charge is -2.32. The summed E-state index contributed by atoms with van der Waals surface area (Å²) in [4.78, 5) is 6.78. The van der Waals surface area contributed by atoms with E-state index in [2.05, 4.69) is 28.2 Å². The fraction of sp³-hybridized carbons (Fsp3) is 0.474. The lowest BCUT2D eigenvalue weighted by molar-refractivity contribution is 0.180. The Morgan fingerprint density at radius 2 is 2.16 bits per heavy atom. The topological polar surface area (TPSA) is 74.3 Å². The Labute approximate surface area is 148 Å². The van der Waals surface area contributed by atoms with Gasteiger partial charge in [0, 0.05) is 18.2 Å². The van der Waals surface area contributed by atoms with Crippen LogP contribution in [0.4, 0.5) is 5.88 Å². The van der Waals surface area contributed by atoms with Crippen molar-refractivity contribution in [3.63, 3.8) is 0 Å². The van der Waals surface area contributed by atoms with Crippen LogP contribution in [0.2, 0.25) is 0 Å². The Morgan fingerprint density at radius 1 is 1.36 bits per heavy atom. The van der Waals surface area contributed by atoms with Gasteiger partial charge in [-0.2, -0.15) is 10.2 Å². The molecular formula is C19H24N4O2. The summed E-state index contributed by atoms with van der Waals surface area (Å²) < 4.78 is 11.0. The Balaban J connectivity index is 1.71. The maximum Gasteiger partial charge on any atom is 0.232 e. The molecule has 1 aromatic carbocycles. The average molecular weight is 340 g/mol. The maximum absolute atomic E-state index is 9.35. The SMILES string of the molecule is COc1cccc(-c2nc(C#N)c(NC[C@H](C)N3CCCCC3)o2)c1. The van der Waals surface area contributed by atoms with Crippen molar-refractivity contribution in [1.82, 2.24) is 9.88 Å². The number of aromatic nitrogens is 1. The number of rotatable bonds is 6. The molecule has 1 saturated heterocycles. The highest BCUT2D eigenvalue weighted by molar-refractivity contribution is 5.60. The highest BCUT2D eigenvalue weighted by Gasteiger charge is 2.19. The molecule has 0 unspecified atom stereocenters. The fourth-order valence-corrected chi connectivity index (χ4v) is 3.12. The number of nitrogens with one attached hydrogen (secondary N) is 1. The Bertz CT molecular complexity index is 744. The number of likely N-dealkylation sites (tertiary alicyclic amines) is 1. The zero-order valence-electron chi connectivity index (χ0n) is 14.8. The maximum atomic E-state index is 9.35. The number of anilines is 1. The molecule has 132 valence electrons. The van der Waals surface area contributed by atoms with Crippen molar-refractivity contribution in [1.29, 1.82) is 5.26 Å². The number of methoxy groups -OCH3 is 1. The molecule has 0 saturated carbocycles. The summed E-state index contributed by atoms with van der Waals surface area (Å²) in [5.41, 5.74) is 1.07. The van der Waals surface area contributed by atoms with Crippen molar-refractivity contribution in [2.45, 2.75) is 32.2 Å². The number of benzene rings is 1. The molecule has 1 aliphatic rings. The van der Waals surface area contributed by atoms with E-state index < -0.39 is 0 Å². The average Bonchev–Trinajstić information content (AvgIpc) is 3.10. The van der Waals surface area contributed by atoms with E-state index in [0.717, 1.165) is 30.9 Å². The minimum Gasteiger partial charge on any atom is -0.497 e. The third-order valence-electron chi connectivity index (χ3n) is 4.62. The van der Waals surface area contributed by atoms with E-state index in [4.69, 9.17) is 9.15 Å². The number of nitriles is 1. The quantitative estimate of drug-likeness (QED) is 0.867. The van der Waals surface area contributed by atoms with Crippen LogP contribution >= 0.6 is 0 Å².